The van der Waals surface area contributed by atoms with Crippen LogP contribution in [0, 0.1) is 5.92 Å². The van der Waals surface area contributed by atoms with Crippen LogP contribution in [0.1, 0.15) is 51.7 Å². The van der Waals surface area contributed by atoms with Gasteiger partial charge in [0.2, 0.25) is 5.89 Å². The largest absolute Gasteiger partial charge is 0.337 e. The molecule has 4 heteroatoms. The highest BCUT2D eigenvalue weighted by Crippen LogP contribution is 2.45. The third-order valence-electron chi connectivity index (χ3n) is 3.04. The van der Waals surface area contributed by atoms with E-state index in [-0.39, 0.29) is 5.54 Å². The van der Waals surface area contributed by atoms with E-state index in [1.165, 1.54) is 6.42 Å². The molecule has 1 aromatic heterocycles. The van der Waals surface area contributed by atoms with E-state index in [0.717, 1.165) is 18.3 Å². The molecule has 4 nitrogen and oxygen atoms in total. The highest BCUT2D eigenvalue weighted by Gasteiger charge is 2.39. The number of hydrogen-bond donors (Lipinski definition) is 1. The topological polar surface area (TPSA) is 51.0 Å². The molecule has 1 aliphatic carbocycles. The summed E-state index contributed by atoms with van der Waals surface area (Å²) in [6.45, 7) is 9.30. The van der Waals surface area contributed by atoms with Gasteiger partial charge in [-0.25, -0.2) is 0 Å². The molecule has 0 aromatic carbocycles. The van der Waals surface area contributed by atoms with Crippen molar-refractivity contribution in [2.45, 2.75) is 45.6 Å². The Hall–Kier alpha value is -0.900. The molecule has 0 bridgehead atoms. The van der Waals surface area contributed by atoms with E-state index in [1.807, 2.05) is 0 Å². The van der Waals surface area contributed by atoms with Gasteiger partial charge in [-0.3, -0.25) is 0 Å². The summed E-state index contributed by atoms with van der Waals surface area (Å²) in [6.07, 6.45) is 1.20. The lowest BCUT2D eigenvalue weighted by Crippen LogP contribution is -2.36. The summed E-state index contributed by atoms with van der Waals surface area (Å²) in [5.41, 5.74) is -0.224. The zero-order valence-corrected chi connectivity index (χ0v) is 9.87. The maximum absolute atomic E-state index is 5.31. The lowest BCUT2D eigenvalue weighted by Gasteiger charge is -2.20. The molecular formula is C11H19N3O. The maximum Gasteiger partial charge on any atom is 0.246 e. The van der Waals surface area contributed by atoms with Crippen molar-refractivity contribution in [1.82, 2.24) is 15.5 Å². The highest BCUT2D eigenvalue weighted by molar-refractivity contribution is 5.09. The van der Waals surface area contributed by atoms with Gasteiger partial charge in [0.15, 0.2) is 5.82 Å². The Morgan fingerprint density at radius 1 is 1.53 bits per heavy atom. The van der Waals surface area contributed by atoms with E-state index in [9.17, 15) is 0 Å². The first kappa shape index (κ1) is 10.6. The van der Waals surface area contributed by atoms with Crippen LogP contribution in [-0.4, -0.2) is 16.7 Å². The zero-order valence-electron chi connectivity index (χ0n) is 9.87. The van der Waals surface area contributed by atoms with Crippen LogP contribution in [0.5, 0.6) is 0 Å². The number of aromatic nitrogens is 2. The van der Waals surface area contributed by atoms with Crippen molar-refractivity contribution in [2.24, 2.45) is 5.92 Å². The molecule has 0 radical (unpaired) electrons. The van der Waals surface area contributed by atoms with E-state index in [2.05, 4.69) is 43.2 Å². The Bertz CT molecular complexity index is 345. The third-order valence-corrected chi connectivity index (χ3v) is 3.04. The molecule has 0 spiro atoms. The predicted molar refractivity (Wildman–Crippen MR) is 57.5 cm³/mol. The standard InChI is InChI=1S/C11H19N3O/c1-5-12-11(3,4)10-13-9(14-15-10)8-6-7(8)2/h7-8,12H,5-6H2,1-4H3. The summed E-state index contributed by atoms with van der Waals surface area (Å²) < 4.78 is 5.31. The smallest absolute Gasteiger partial charge is 0.246 e. The van der Waals surface area contributed by atoms with Crippen molar-refractivity contribution < 1.29 is 4.52 Å². The van der Waals surface area contributed by atoms with E-state index < -0.39 is 0 Å². The fourth-order valence-electron chi connectivity index (χ4n) is 1.84. The van der Waals surface area contributed by atoms with Gasteiger partial charge < -0.3 is 9.84 Å². The Morgan fingerprint density at radius 3 is 2.73 bits per heavy atom. The van der Waals surface area contributed by atoms with Crippen molar-refractivity contribution in [3.8, 4) is 0 Å². The van der Waals surface area contributed by atoms with Gasteiger partial charge in [-0.05, 0) is 32.7 Å². The molecule has 2 atom stereocenters. The van der Waals surface area contributed by atoms with Crippen LogP contribution < -0.4 is 5.32 Å². The third kappa shape index (κ3) is 2.04. The number of nitrogens with one attached hydrogen (secondary N) is 1. The first-order chi connectivity index (χ1) is 7.04. The normalized spacial score (nSPS) is 25.6. The molecule has 1 heterocycles. The minimum absolute atomic E-state index is 0.224. The van der Waals surface area contributed by atoms with Crippen LogP contribution >= 0.6 is 0 Å². The van der Waals surface area contributed by atoms with E-state index in [0.29, 0.717) is 11.8 Å². The van der Waals surface area contributed by atoms with Crippen molar-refractivity contribution >= 4 is 0 Å². The van der Waals surface area contributed by atoms with Gasteiger partial charge in [-0.15, -0.1) is 0 Å². The monoisotopic (exact) mass is 209 g/mol. The van der Waals surface area contributed by atoms with E-state index >= 15 is 0 Å². The fraction of sp³-hybridized carbons (Fsp3) is 0.818. The second-order valence-corrected chi connectivity index (χ2v) is 4.93. The van der Waals surface area contributed by atoms with Crippen molar-refractivity contribution in [3.05, 3.63) is 11.7 Å². The lowest BCUT2D eigenvalue weighted by atomic mass is 10.1. The molecule has 1 aromatic rings. The Morgan fingerprint density at radius 2 is 2.20 bits per heavy atom. The summed E-state index contributed by atoms with van der Waals surface area (Å²) in [5.74, 6) is 2.82. The Kier molecular flexibility index (Phi) is 2.54. The first-order valence-electron chi connectivity index (χ1n) is 5.63. The van der Waals surface area contributed by atoms with Crippen LogP contribution in [0.15, 0.2) is 4.52 Å². The lowest BCUT2D eigenvalue weighted by molar-refractivity contribution is 0.270. The van der Waals surface area contributed by atoms with E-state index in [1.54, 1.807) is 0 Å². The number of nitrogens with zero attached hydrogens (tertiary/aromatic N) is 2. The van der Waals surface area contributed by atoms with Gasteiger partial charge in [0, 0.05) is 5.92 Å². The molecule has 1 N–H and O–H groups in total. The first-order valence-corrected chi connectivity index (χ1v) is 5.63. The predicted octanol–water partition coefficient (Wildman–Crippen LogP) is 2.04. The number of hydrogen-bond acceptors (Lipinski definition) is 4. The van der Waals surface area contributed by atoms with Crippen molar-refractivity contribution in [1.29, 1.82) is 0 Å². The van der Waals surface area contributed by atoms with Gasteiger partial charge >= 0.3 is 0 Å². The van der Waals surface area contributed by atoms with Crippen molar-refractivity contribution in [2.75, 3.05) is 6.54 Å². The van der Waals surface area contributed by atoms with Gasteiger partial charge in [-0.2, -0.15) is 4.98 Å². The van der Waals surface area contributed by atoms with Gasteiger partial charge in [0.25, 0.3) is 0 Å². The molecule has 84 valence electrons. The Balaban J connectivity index is 2.12. The van der Waals surface area contributed by atoms with Gasteiger partial charge in [0.1, 0.15) is 0 Å². The van der Waals surface area contributed by atoms with Crippen LogP contribution in [-0.2, 0) is 5.54 Å². The second kappa shape index (κ2) is 3.59. The summed E-state index contributed by atoms with van der Waals surface area (Å²) in [5, 5.41) is 7.38. The molecule has 0 amide bonds. The summed E-state index contributed by atoms with van der Waals surface area (Å²) >= 11 is 0. The maximum atomic E-state index is 5.31. The molecular weight excluding hydrogens is 190 g/mol. The molecule has 2 unspecified atom stereocenters. The molecule has 15 heavy (non-hydrogen) atoms. The summed E-state index contributed by atoms with van der Waals surface area (Å²) in [6, 6.07) is 0. The average Bonchev–Trinajstić information content (AvgIpc) is 2.70. The summed E-state index contributed by atoms with van der Waals surface area (Å²) in [7, 11) is 0. The van der Waals surface area contributed by atoms with Crippen LogP contribution in [0.3, 0.4) is 0 Å². The number of rotatable bonds is 4. The minimum atomic E-state index is -0.224. The minimum Gasteiger partial charge on any atom is -0.337 e. The molecule has 1 saturated carbocycles. The SMILES string of the molecule is CCNC(C)(C)c1nc(C2CC2C)no1. The molecule has 1 aliphatic rings. The quantitative estimate of drug-likeness (QED) is 0.824. The van der Waals surface area contributed by atoms with Gasteiger partial charge in [-0.1, -0.05) is 19.0 Å². The Labute approximate surface area is 90.4 Å². The van der Waals surface area contributed by atoms with E-state index in [4.69, 9.17) is 4.52 Å². The molecule has 0 saturated heterocycles. The molecule has 0 aliphatic heterocycles. The zero-order chi connectivity index (χ0) is 11.1. The van der Waals surface area contributed by atoms with Crippen LogP contribution in [0.2, 0.25) is 0 Å². The average molecular weight is 209 g/mol. The van der Waals surface area contributed by atoms with Crippen molar-refractivity contribution in [3.63, 3.8) is 0 Å². The van der Waals surface area contributed by atoms with Crippen LogP contribution in [0.25, 0.3) is 0 Å². The summed E-state index contributed by atoms with van der Waals surface area (Å²) in [4.78, 5) is 4.47. The highest BCUT2D eigenvalue weighted by atomic mass is 16.5. The molecule has 2 rings (SSSR count). The van der Waals surface area contributed by atoms with Gasteiger partial charge in [0.05, 0.1) is 5.54 Å². The fourth-order valence-corrected chi connectivity index (χ4v) is 1.84. The molecule has 1 fully saturated rings. The van der Waals surface area contributed by atoms with Crippen LogP contribution in [0.4, 0.5) is 0 Å². The second-order valence-electron chi connectivity index (χ2n) is 4.93.